The van der Waals surface area contributed by atoms with Crippen molar-refractivity contribution in [1.82, 2.24) is 9.55 Å². The summed E-state index contributed by atoms with van der Waals surface area (Å²) in [5.41, 5.74) is 3.44. The van der Waals surface area contributed by atoms with Crippen LogP contribution in [0.2, 0.25) is 0 Å². The first kappa shape index (κ1) is 23.0. The van der Waals surface area contributed by atoms with Crippen LogP contribution in [0.15, 0.2) is 47.4 Å². The lowest BCUT2D eigenvalue weighted by Crippen LogP contribution is -2.14. The fraction of sp³-hybridized carbons (Fsp3) is 0.391. The second-order valence-corrected chi connectivity index (χ2v) is 9.42. The summed E-state index contributed by atoms with van der Waals surface area (Å²) in [5.74, 6) is 1.16. The topological polar surface area (TPSA) is 107 Å². The highest BCUT2D eigenvalue weighted by Crippen LogP contribution is 2.22. The number of nitrogens with two attached hydrogens (primary N) is 1. The summed E-state index contributed by atoms with van der Waals surface area (Å²) in [4.78, 5) is 17.1. The van der Waals surface area contributed by atoms with Crippen LogP contribution in [0.4, 0.5) is 5.69 Å². The fourth-order valence-corrected chi connectivity index (χ4v) is 4.11. The van der Waals surface area contributed by atoms with Crippen molar-refractivity contribution in [2.45, 2.75) is 63.8 Å². The van der Waals surface area contributed by atoms with Gasteiger partial charge in [-0.2, -0.15) is 0 Å². The maximum Gasteiger partial charge on any atom is 0.238 e. The van der Waals surface area contributed by atoms with Crippen LogP contribution in [0.1, 0.15) is 57.3 Å². The molecule has 0 aliphatic rings. The summed E-state index contributed by atoms with van der Waals surface area (Å²) in [6.07, 6.45) is 2.70. The standard InChI is InChI=1S/C23H30N4O3S/c1-4-14-27-21-11-10-19(31(24,29)30)15-20(21)26-22(27)12-13-23(28)25-18-8-6-17(7-9-18)16(3)5-2/h6-11,15-16H,4-5,12-14H2,1-3H3,(H,25,28)(H2,24,29,30). The molecule has 7 nitrogen and oxygen atoms in total. The molecule has 0 spiro atoms. The van der Waals surface area contributed by atoms with E-state index in [1.54, 1.807) is 6.07 Å². The van der Waals surface area contributed by atoms with Crippen LogP contribution < -0.4 is 10.5 Å². The number of carbonyl (C=O) groups is 1. The molecule has 31 heavy (non-hydrogen) atoms. The number of nitrogens with one attached hydrogen (secondary N) is 1. The molecule has 3 rings (SSSR count). The van der Waals surface area contributed by atoms with E-state index in [9.17, 15) is 13.2 Å². The summed E-state index contributed by atoms with van der Waals surface area (Å²) < 4.78 is 25.3. The number of primary sulfonamides is 1. The van der Waals surface area contributed by atoms with Crippen LogP contribution in [0, 0.1) is 0 Å². The summed E-state index contributed by atoms with van der Waals surface area (Å²) in [6, 6.07) is 12.7. The Bertz CT molecular complexity index is 1170. The van der Waals surface area contributed by atoms with Gasteiger partial charge in [0.25, 0.3) is 0 Å². The Kier molecular flexibility index (Phi) is 7.12. The van der Waals surface area contributed by atoms with E-state index in [4.69, 9.17) is 5.14 Å². The van der Waals surface area contributed by atoms with Gasteiger partial charge < -0.3 is 9.88 Å². The van der Waals surface area contributed by atoms with Crippen LogP contribution in [-0.2, 0) is 27.8 Å². The monoisotopic (exact) mass is 442 g/mol. The van der Waals surface area contributed by atoms with E-state index in [1.165, 1.54) is 17.7 Å². The molecule has 0 radical (unpaired) electrons. The molecule has 3 N–H and O–H groups in total. The van der Waals surface area contributed by atoms with Gasteiger partial charge in [0.1, 0.15) is 5.82 Å². The Morgan fingerprint density at radius 1 is 1.16 bits per heavy atom. The number of sulfonamides is 1. The zero-order valence-corrected chi connectivity index (χ0v) is 19.1. The van der Waals surface area contributed by atoms with Crippen molar-refractivity contribution >= 4 is 32.7 Å². The normalized spacial score (nSPS) is 12.8. The molecule has 0 aliphatic carbocycles. The first-order valence-corrected chi connectivity index (χ1v) is 12.2. The molecule has 0 aliphatic heterocycles. The number of amides is 1. The number of benzene rings is 2. The van der Waals surface area contributed by atoms with Crippen LogP contribution in [0.3, 0.4) is 0 Å². The van der Waals surface area contributed by atoms with Gasteiger partial charge >= 0.3 is 0 Å². The van der Waals surface area contributed by atoms with Gasteiger partial charge in [-0.05, 0) is 54.7 Å². The van der Waals surface area contributed by atoms with E-state index in [0.717, 1.165) is 36.4 Å². The van der Waals surface area contributed by atoms with E-state index in [-0.39, 0.29) is 17.2 Å². The molecule has 0 saturated carbocycles. The van der Waals surface area contributed by atoms with E-state index in [0.29, 0.717) is 17.9 Å². The molecule has 1 heterocycles. The molecule has 3 aromatic rings. The van der Waals surface area contributed by atoms with Crippen molar-refractivity contribution in [2.75, 3.05) is 5.32 Å². The summed E-state index contributed by atoms with van der Waals surface area (Å²) in [7, 11) is -3.79. The molecule has 1 amide bonds. The smallest absolute Gasteiger partial charge is 0.238 e. The van der Waals surface area contributed by atoms with E-state index in [1.807, 2.05) is 28.8 Å². The average Bonchev–Trinajstić information content (AvgIpc) is 3.08. The van der Waals surface area contributed by atoms with Gasteiger partial charge in [0, 0.05) is 25.1 Å². The Morgan fingerprint density at radius 2 is 1.87 bits per heavy atom. The van der Waals surface area contributed by atoms with Gasteiger partial charge in [0.05, 0.1) is 15.9 Å². The van der Waals surface area contributed by atoms with Crippen molar-refractivity contribution in [2.24, 2.45) is 5.14 Å². The number of hydrogen-bond acceptors (Lipinski definition) is 4. The Morgan fingerprint density at radius 3 is 2.48 bits per heavy atom. The SMILES string of the molecule is CCCn1c(CCC(=O)Nc2ccc(C(C)CC)cc2)nc2cc(S(N)(=O)=O)ccc21. The maximum absolute atomic E-state index is 12.5. The quantitative estimate of drug-likeness (QED) is 0.518. The zero-order valence-electron chi connectivity index (χ0n) is 18.3. The molecule has 0 saturated heterocycles. The molecule has 166 valence electrons. The first-order chi connectivity index (χ1) is 14.7. The highest BCUT2D eigenvalue weighted by Gasteiger charge is 2.15. The third-order valence-corrected chi connectivity index (χ3v) is 6.44. The minimum absolute atomic E-state index is 0.0336. The molecule has 0 fully saturated rings. The Hall–Kier alpha value is -2.71. The Balaban J connectivity index is 1.73. The average molecular weight is 443 g/mol. The van der Waals surface area contributed by atoms with Gasteiger partial charge in [0.15, 0.2) is 0 Å². The number of fused-ring (bicyclic) bond motifs is 1. The molecule has 2 aromatic carbocycles. The van der Waals surface area contributed by atoms with E-state index in [2.05, 4.69) is 31.1 Å². The minimum Gasteiger partial charge on any atom is -0.328 e. The van der Waals surface area contributed by atoms with Crippen LogP contribution in [-0.4, -0.2) is 23.9 Å². The third kappa shape index (κ3) is 5.51. The van der Waals surface area contributed by atoms with Gasteiger partial charge in [-0.15, -0.1) is 0 Å². The summed E-state index contributed by atoms with van der Waals surface area (Å²) in [6.45, 7) is 7.13. The van der Waals surface area contributed by atoms with Gasteiger partial charge in [-0.25, -0.2) is 18.5 Å². The van der Waals surface area contributed by atoms with Crippen molar-refractivity contribution in [3.63, 3.8) is 0 Å². The molecular weight excluding hydrogens is 412 g/mol. The van der Waals surface area contributed by atoms with Crippen LogP contribution in [0.5, 0.6) is 0 Å². The second-order valence-electron chi connectivity index (χ2n) is 7.85. The number of imidazole rings is 1. The molecular formula is C23H30N4O3S. The number of hydrogen-bond donors (Lipinski definition) is 2. The number of aryl methyl sites for hydroxylation is 2. The predicted octanol–water partition coefficient (Wildman–Crippen LogP) is 4.18. The Labute approximate surface area is 183 Å². The van der Waals surface area contributed by atoms with Crippen molar-refractivity contribution in [3.05, 3.63) is 53.9 Å². The highest BCUT2D eigenvalue weighted by atomic mass is 32.2. The molecule has 1 atom stereocenters. The summed E-state index contributed by atoms with van der Waals surface area (Å²) in [5, 5.41) is 8.18. The number of aromatic nitrogens is 2. The minimum atomic E-state index is -3.79. The molecule has 8 heteroatoms. The lowest BCUT2D eigenvalue weighted by Gasteiger charge is -2.11. The fourth-order valence-electron chi connectivity index (χ4n) is 3.58. The van der Waals surface area contributed by atoms with Crippen LogP contribution >= 0.6 is 0 Å². The van der Waals surface area contributed by atoms with E-state index >= 15 is 0 Å². The molecule has 1 unspecified atom stereocenters. The first-order valence-electron chi connectivity index (χ1n) is 10.6. The van der Waals surface area contributed by atoms with Crippen molar-refractivity contribution in [1.29, 1.82) is 0 Å². The van der Waals surface area contributed by atoms with Crippen molar-refractivity contribution < 1.29 is 13.2 Å². The third-order valence-electron chi connectivity index (χ3n) is 5.53. The lowest BCUT2D eigenvalue weighted by molar-refractivity contribution is -0.116. The number of nitrogens with zero attached hydrogens (tertiary/aromatic N) is 2. The number of rotatable bonds is 9. The van der Waals surface area contributed by atoms with Crippen molar-refractivity contribution in [3.8, 4) is 0 Å². The largest absolute Gasteiger partial charge is 0.328 e. The number of carbonyl (C=O) groups excluding carboxylic acids is 1. The van der Waals surface area contributed by atoms with E-state index < -0.39 is 10.0 Å². The second kappa shape index (κ2) is 9.62. The lowest BCUT2D eigenvalue weighted by atomic mass is 9.99. The summed E-state index contributed by atoms with van der Waals surface area (Å²) >= 11 is 0. The zero-order chi connectivity index (χ0) is 22.6. The van der Waals surface area contributed by atoms with Gasteiger partial charge in [0.2, 0.25) is 15.9 Å². The maximum atomic E-state index is 12.5. The van der Waals surface area contributed by atoms with Gasteiger partial charge in [-0.1, -0.05) is 32.9 Å². The van der Waals surface area contributed by atoms with Crippen LogP contribution in [0.25, 0.3) is 11.0 Å². The highest BCUT2D eigenvalue weighted by molar-refractivity contribution is 7.89. The molecule has 0 bridgehead atoms. The number of anilines is 1. The van der Waals surface area contributed by atoms with Gasteiger partial charge in [-0.3, -0.25) is 4.79 Å². The predicted molar refractivity (Wildman–Crippen MR) is 123 cm³/mol. The molecule has 1 aromatic heterocycles.